The highest BCUT2D eigenvalue weighted by Gasteiger charge is 2.27. The van der Waals surface area contributed by atoms with Gasteiger partial charge in [-0.1, -0.05) is 18.2 Å². The fourth-order valence-corrected chi connectivity index (χ4v) is 3.85. The summed E-state index contributed by atoms with van der Waals surface area (Å²) < 4.78 is 73.9. The molecule has 7 nitrogen and oxygen atoms in total. The Bertz CT molecular complexity index is 1240. The second-order valence-corrected chi connectivity index (χ2v) is 8.55. The highest BCUT2D eigenvalue weighted by Crippen LogP contribution is 2.39. The van der Waals surface area contributed by atoms with Gasteiger partial charge in [0.05, 0.1) is 25.9 Å². The number of ether oxygens (including phenoxy) is 3. The molecule has 0 radical (unpaired) electrons. The minimum atomic E-state index is -2.86. The van der Waals surface area contributed by atoms with E-state index in [1.54, 1.807) is 13.8 Å². The van der Waals surface area contributed by atoms with E-state index < -0.39 is 35.8 Å². The second kappa shape index (κ2) is 10.8. The van der Waals surface area contributed by atoms with Crippen molar-refractivity contribution in [3.05, 3.63) is 52.9 Å². The molecule has 0 amide bonds. The molecule has 1 heterocycles. The molecule has 3 atom stereocenters. The lowest BCUT2D eigenvalue weighted by Crippen LogP contribution is -2.15. The van der Waals surface area contributed by atoms with Gasteiger partial charge in [0.15, 0.2) is 23.5 Å². The molecule has 1 aliphatic carbocycles. The minimum Gasteiger partial charge on any atom is -0.490 e. The molecule has 11 heteroatoms. The molecule has 1 fully saturated rings. The standard InChI is InChI=1S/C25H27F4N3O4/c1-12(15-5-4-6-16(19(15)26)20(27)24(29)33)30-25-17-11-18(36-10-9-35-14-7-8-14)23(34-3)21(28)22(17)31-13(2)32-25/h4-6,11-12,14,20,24,33H,7-10H2,1-3H3,(H,30,31,32)/t12-,20?,24?/m1/s1. The van der Waals surface area contributed by atoms with E-state index in [0.29, 0.717) is 6.61 Å². The fourth-order valence-electron chi connectivity index (χ4n) is 3.85. The third-order valence-corrected chi connectivity index (χ3v) is 5.80. The summed E-state index contributed by atoms with van der Waals surface area (Å²) in [6.45, 7) is 3.65. The van der Waals surface area contributed by atoms with Crippen LogP contribution in [0.5, 0.6) is 11.5 Å². The molecule has 1 saturated carbocycles. The number of halogens is 4. The van der Waals surface area contributed by atoms with Gasteiger partial charge in [-0.15, -0.1) is 0 Å². The predicted molar refractivity (Wildman–Crippen MR) is 125 cm³/mol. The van der Waals surface area contributed by atoms with E-state index in [9.17, 15) is 13.2 Å². The molecule has 0 spiro atoms. The van der Waals surface area contributed by atoms with Crippen molar-refractivity contribution in [3.63, 3.8) is 0 Å². The summed E-state index contributed by atoms with van der Waals surface area (Å²) in [5, 5.41) is 12.2. The van der Waals surface area contributed by atoms with Crippen LogP contribution in [0, 0.1) is 18.6 Å². The van der Waals surface area contributed by atoms with Crippen LogP contribution in [-0.2, 0) is 4.74 Å². The van der Waals surface area contributed by atoms with E-state index in [1.807, 2.05) is 0 Å². The Balaban J connectivity index is 1.67. The first-order valence-corrected chi connectivity index (χ1v) is 11.5. The molecule has 3 aromatic rings. The number of aliphatic hydroxyl groups excluding tert-OH is 1. The molecule has 2 aromatic carbocycles. The molecule has 4 rings (SSSR count). The lowest BCUT2D eigenvalue weighted by atomic mass is 10.0. The largest absolute Gasteiger partial charge is 0.490 e. The van der Waals surface area contributed by atoms with Gasteiger partial charge in [0.1, 0.15) is 29.6 Å². The Morgan fingerprint density at radius 2 is 1.83 bits per heavy atom. The molecular weight excluding hydrogens is 482 g/mol. The Hall–Kier alpha value is -3.18. The molecule has 2 unspecified atom stereocenters. The number of rotatable bonds is 11. The van der Waals surface area contributed by atoms with Crippen molar-refractivity contribution in [1.82, 2.24) is 9.97 Å². The third-order valence-electron chi connectivity index (χ3n) is 5.80. The first kappa shape index (κ1) is 25.9. The average Bonchev–Trinajstić information content (AvgIpc) is 3.66. The number of nitrogens with one attached hydrogen (secondary N) is 1. The van der Waals surface area contributed by atoms with E-state index in [4.69, 9.17) is 19.3 Å². The van der Waals surface area contributed by atoms with Gasteiger partial charge in [0.25, 0.3) is 0 Å². The van der Waals surface area contributed by atoms with Gasteiger partial charge >= 0.3 is 0 Å². The molecule has 2 N–H and O–H groups in total. The number of aryl methyl sites for hydroxylation is 1. The maximum Gasteiger partial charge on any atom is 0.232 e. The van der Waals surface area contributed by atoms with Gasteiger partial charge in [-0.3, -0.25) is 0 Å². The molecule has 36 heavy (non-hydrogen) atoms. The van der Waals surface area contributed by atoms with Crippen molar-refractivity contribution < 1.29 is 36.9 Å². The number of hydrogen-bond acceptors (Lipinski definition) is 7. The lowest BCUT2D eigenvalue weighted by Gasteiger charge is -2.20. The third kappa shape index (κ3) is 5.46. The predicted octanol–water partition coefficient (Wildman–Crippen LogP) is 5.25. The summed E-state index contributed by atoms with van der Waals surface area (Å²) in [6.07, 6.45) is -3.12. The average molecular weight is 510 g/mol. The Morgan fingerprint density at radius 1 is 1.11 bits per heavy atom. The topological polar surface area (TPSA) is 85.7 Å². The first-order valence-electron chi connectivity index (χ1n) is 11.5. The van der Waals surface area contributed by atoms with Gasteiger partial charge in [-0.25, -0.2) is 27.5 Å². The molecule has 1 aromatic heterocycles. The summed E-state index contributed by atoms with van der Waals surface area (Å²) in [7, 11) is 1.31. The van der Waals surface area contributed by atoms with Crippen molar-refractivity contribution in [1.29, 1.82) is 0 Å². The number of hydrogen-bond donors (Lipinski definition) is 2. The number of alkyl halides is 2. The zero-order chi connectivity index (χ0) is 26.0. The molecule has 194 valence electrons. The van der Waals surface area contributed by atoms with E-state index in [0.717, 1.165) is 18.9 Å². The van der Waals surface area contributed by atoms with E-state index in [1.165, 1.54) is 25.3 Å². The fraction of sp³-hybridized carbons (Fsp3) is 0.440. The van der Waals surface area contributed by atoms with E-state index in [2.05, 4.69) is 15.3 Å². The molecule has 0 saturated heterocycles. The second-order valence-electron chi connectivity index (χ2n) is 8.55. The number of aliphatic hydroxyl groups is 1. The number of fused-ring (bicyclic) bond motifs is 1. The first-order chi connectivity index (χ1) is 17.2. The van der Waals surface area contributed by atoms with Crippen LogP contribution >= 0.6 is 0 Å². The van der Waals surface area contributed by atoms with Crippen molar-refractivity contribution in [2.75, 3.05) is 25.6 Å². The number of benzene rings is 2. The zero-order valence-electron chi connectivity index (χ0n) is 20.0. The van der Waals surface area contributed by atoms with Crippen LogP contribution in [0.3, 0.4) is 0 Å². The molecule has 0 bridgehead atoms. The van der Waals surface area contributed by atoms with Gasteiger partial charge in [0, 0.05) is 16.5 Å². The summed E-state index contributed by atoms with van der Waals surface area (Å²) in [5.74, 6) is -1.34. The van der Waals surface area contributed by atoms with Gasteiger partial charge in [-0.2, -0.15) is 0 Å². The maximum atomic E-state index is 15.4. The van der Waals surface area contributed by atoms with Crippen molar-refractivity contribution >= 4 is 16.7 Å². The van der Waals surface area contributed by atoms with Crippen molar-refractivity contribution in [2.45, 2.75) is 51.4 Å². The van der Waals surface area contributed by atoms with Crippen LogP contribution in [0.4, 0.5) is 23.4 Å². The monoisotopic (exact) mass is 509 g/mol. The summed E-state index contributed by atoms with van der Waals surface area (Å²) in [4.78, 5) is 8.53. The normalized spacial score (nSPS) is 16.0. The highest BCUT2D eigenvalue weighted by molar-refractivity contribution is 5.92. The van der Waals surface area contributed by atoms with Crippen molar-refractivity contribution in [2.24, 2.45) is 0 Å². The molecular formula is C25H27F4N3O4. The lowest BCUT2D eigenvalue weighted by molar-refractivity contribution is -0.0297. The van der Waals surface area contributed by atoms with E-state index >= 15 is 4.39 Å². The molecule has 1 aliphatic rings. The van der Waals surface area contributed by atoms with Crippen LogP contribution < -0.4 is 14.8 Å². The number of anilines is 1. The van der Waals surface area contributed by atoms with Gasteiger partial charge < -0.3 is 24.6 Å². The van der Waals surface area contributed by atoms with Crippen LogP contribution in [0.25, 0.3) is 10.9 Å². The highest BCUT2D eigenvalue weighted by atomic mass is 19.2. The Labute approximate surface area is 205 Å². The number of nitrogens with zero attached hydrogens (tertiary/aromatic N) is 2. The minimum absolute atomic E-state index is 0.00268. The summed E-state index contributed by atoms with van der Waals surface area (Å²) in [6, 6.07) is 4.52. The van der Waals surface area contributed by atoms with Crippen LogP contribution in [0.15, 0.2) is 24.3 Å². The van der Waals surface area contributed by atoms with Crippen LogP contribution in [0.1, 0.15) is 48.9 Å². The van der Waals surface area contributed by atoms with Crippen LogP contribution in [0.2, 0.25) is 0 Å². The molecule has 0 aliphatic heterocycles. The maximum absolute atomic E-state index is 15.4. The van der Waals surface area contributed by atoms with Gasteiger partial charge in [-0.05, 0) is 32.8 Å². The SMILES string of the molecule is COc1c(OCCOC2CC2)cc2c(N[C@H](C)c3cccc(C(F)C(O)F)c3F)nc(C)nc2c1F. The Kier molecular flexibility index (Phi) is 7.79. The van der Waals surface area contributed by atoms with E-state index in [-0.39, 0.29) is 52.3 Å². The Morgan fingerprint density at radius 3 is 2.50 bits per heavy atom. The quantitative estimate of drug-likeness (QED) is 0.270. The summed E-state index contributed by atoms with van der Waals surface area (Å²) in [5.41, 5.74) is -0.642. The summed E-state index contributed by atoms with van der Waals surface area (Å²) >= 11 is 0. The zero-order valence-corrected chi connectivity index (χ0v) is 20.0. The van der Waals surface area contributed by atoms with Crippen molar-refractivity contribution in [3.8, 4) is 11.5 Å². The smallest absolute Gasteiger partial charge is 0.232 e. The van der Waals surface area contributed by atoms with Gasteiger partial charge in [0.2, 0.25) is 6.36 Å². The number of methoxy groups -OCH3 is 1. The van der Waals surface area contributed by atoms with Crippen LogP contribution in [-0.4, -0.2) is 47.9 Å². The number of aromatic nitrogens is 2.